The lowest BCUT2D eigenvalue weighted by molar-refractivity contribution is 0.414. The van der Waals surface area contributed by atoms with E-state index in [1.165, 1.54) is 25.7 Å². The Bertz CT molecular complexity index is 832. The van der Waals surface area contributed by atoms with Gasteiger partial charge in [-0.2, -0.15) is 0 Å². The number of hydrogen-bond donors (Lipinski definition) is 1. The molecule has 0 aliphatic heterocycles. The Morgan fingerprint density at radius 1 is 0.893 bits per heavy atom. The second-order valence-corrected chi connectivity index (χ2v) is 8.19. The van der Waals surface area contributed by atoms with Crippen molar-refractivity contribution in [1.82, 2.24) is 9.97 Å². The van der Waals surface area contributed by atoms with E-state index < -0.39 is 0 Å². The zero-order valence-corrected chi connectivity index (χ0v) is 17.2. The molecule has 0 unspecified atom stereocenters. The topological polar surface area (TPSA) is 47.1 Å². The number of ether oxygens (including phenoxy) is 2. The van der Waals surface area contributed by atoms with Crippen molar-refractivity contribution >= 4 is 11.8 Å². The first kappa shape index (κ1) is 18.9. The van der Waals surface area contributed by atoms with Crippen LogP contribution in [0.1, 0.15) is 25.7 Å². The molecule has 0 spiro atoms. The van der Waals surface area contributed by atoms with E-state index in [1.807, 2.05) is 36.0 Å². The van der Waals surface area contributed by atoms with E-state index in [0.717, 1.165) is 50.8 Å². The lowest BCUT2D eigenvalue weighted by atomic mass is 10.0. The van der Waals surface area contributed by atoms with E-state index in [-0.39, 0.29) is 0 Å². The second-order valence-electron chi connectivity index (χ2n) is 7.18. The molecule has 28 heavy (non-hydrogen) atoms. The highest BCUT2D eigenvalue weighted by atomic mass is 32.2. The maximum atomic E-state index is 5.30. The van der Waals surface area contributed by atoms with Crippen LogP contribution in [-0.4, -0.2) is 29.9 Å². The SMILES string of the molecule is COc1ccc(-c2nc(SCC3CCCC3)[nH]c2-c2ccc(OC)cc2)cc1. The minimum atomic E-state index is 0.823. The molecule has 1 N–H and O–H groups in total. The van der Waals surface area contributed by atoms with Gasteiger partial charge in [-0.15, -0.1) is 0 Å². The number of nitrogens with one attached hydrogen (secondary N) is 1. The molecule has 1 aliphatic rings. The predicted molar refractivity (Wildman–Crippen MR) is 115 cm³/mol. The van der Waals surface area contributed by atoms with Crippen molar-refractivity contribution in [2.75, 3.05) is 20.0 Å². The molecule has 1 heterocycles. The zero-order chi connectivity index (χ0) is 19.3. The van der Waals surface area contributed by atoms with Gasteiger partial charge >= 0.3 is 0 Å². The van der Waals surface area contributed by atoms with Crippen LogP contribution in [0.5, 0.6) is 11.5 Å². The second kappa shape index (κ2) is 8.74. The number of rotatable bonds is 7. The molecular formula is C23H26N2O2S. The molecule has 1 aromatic heterocycles. The molecule has 0 saturated heterocycles. The predicted octanol–water partition coefficient (Wildman–Crippen LogP) is 6.04. The van der Waals surface area contributed by atoms with Crippen LogP contribution in [-0.2, 0) is 0 Å². The summed E-state index contributed by atoms with van der Waals surface area (Å²) in [7, 11) is 3.37. The number of imidazole rings is 1. The third-order valence-electron chi connectivity index (χ3n) is 5.35. The molecule has 3 aromatic rings. The Hall–Kier alpha value is -2.40. The molecule has 0 radical (unpaired) electrons. The molecule has 5 heteroatoms. The molecule has 1 aliphatic carbocycles. The summed E-state index contributed by atoms with van der Waals surface area (Å²) in [5.74, 6) is 3.66. The Balaban J connectivity index is 1.66. The van der Waals surface area contributed by atoms with Crippen LogP contribution in [0.25, 0.3) is 22.5 Å². The Labute approximate surface area is 170 Å². The normalized spacial score (nSPS) is 14.4. The molecule has 0 bridgehead atoms. The number of aromatic nitrogens is 2. The van der Waals surface area contributed by atoms with Crippen LogP contribution in [0.2, 0.25) is 0 Å². The van der Waals surface area contributed by atoms with Crippen LogP contribution < -0.4 is 9.47 Å². The maximum absolute atomic E-state index is 5.30. The summed E-state index contributed by atoms with van der Waals surface area (Å²) in [6.07, 6.45) is 5.45. The van der Waals surface area contributed by atoms with Crippen molar-refractivity contribution in [2.24, 2.45) is 5.92 Å². The third kappa shape index (κ3) is 4.20. The first-order valence-corrected chi connectivity index (χ1v) is 10.8. The summed E-state index contributed by atoms with van der Waals surface area (Å²) in [5, 5.41) is 0.989. The first-order chi connectivity index (χ1) is 13.8. The molecule has 1 fully saturated rings. The fraction of sp³-hybridized carbons (Fsp3) is 0.348. The highest BCUT2D eigenvalue weighted by Crippen LogP contribution is 2.36. The van der Waals surface area contributed by atoms with Gasteiger partial charge in [-0.1, -0.05) is 24.6 Å². The van der Waals surface area contributed by atoms with Crippen molar-refractivity contribution in [1.29, 1.82) is 0 Å². The summed E-state index contributed by atoms with van der Waals surface area (Å²) in [6, 6.07) is 16.2. The lowest BCUT2D eigenvalue weighted by Crippen LogP contribution is -1.96. The number of hydrogen-bond acceptors (Lipinski definition) is 4. The van der Waals surface area contributed by atoms with Gasteiger partial charge in [0.15, 0.2) is 5.16 Å². The smallest absolute Gasteiger partial charge is 0.166 e. The van der Waals surface area contributed by atoms with Crippen LogP contribution >= 0.6 is 11.8 Å². The highest BCUT2D eigenvalue weighted by Gasteiger charge is 2.18. The number of H-pyrrole nitrogens is 1. The third-order valence-corrected chi connectivity index (χ3v) is 6.46. The van der Waals surface area contributed by atoms with Gasteiger partial charge in [-0.3, -0.25) is 0 Å². The van der Waals surface area contributed by atoms with Gasteiger partial charge in [-0.05, 0) is 67.3 Å². The quantitative estimate of drug-likeness (QED) is 0.496. The van der Waals surface area contributed by atoms with E-state index in [2.05, 4.69) is 29.2 Å². The van der Waals surface area contributed by atoms with Crippen molar-refractivity contribution in [2.45, 2.75) is 30.8 Å². The van der Waals surface area contributed by atoms with Gasteiger partial charge in [0.1, 0.15) is 11.5 Å². The van der Waals surface area contributed by atoms with Gasteiger partial charge in [0.05, 0.1) is 25.6 Å². The molecule has 146 valence electrons. The summed E-state index contributed by atoms with van der Waals surface area (Å²) in [5.41, 5.74) is 4.20. The fourth-order valence-electron chi connectivity index (χ4n) is 3.72. The van der Waals surface area contributed by atoms with Gasteiger partial charge in [-0.25, -0.2) is 4.98 Å². The molecule has 0 atom stereocenters. The molecule has 1 saturated carbocycles. The molecule has 4 rings (SSSR count). The van der Waals surface area contributed by atoms with Gasteiger partial charge < -0.3 is 14.5 Å². The van der Waals surface area contributed by atoms with Crippen LogP contribution in [0, 0.1) is 5.92 Å². The average molecular weight is 395 g/mol. The largest absolute Gasteiger partial charge is 0.497 e. The monoisotopic (exact) mass is 394 g/mol. The van der Waals surface area contributed by atoms with Gasteiger partial charge in [0.2, 0.25) is 0 Å². The van der Waals surface area contributed by atoms with Gasteiger partial charge in [0.25, 0.3) is 0 Å². The Kier molecular flexibility index (Phi) is 5.91. The molecular weight excluding hydrogens is 368 g/mol. The summed E-state index contributed by atoms with van der Waals surface area (Å²) >= 11 is 1.84. The summed E-state index contributed by atoms with van der Waals surface area (Å²) in [6.45, 7) is 0. The van der Waals surface area contributed by atoms with E-state index in [9.17, 15) is 0 Å². The summed E-state index contributed by atoms with van der Waals surface area (Å²) in [4.78, 5) is 8.52. The van der Waals surface area contributed by atoms with Crippen LogP contribution in [0.4, 0.5) is 0 Å². The average Bonchev–Trinajstić information content (AvgIpc) is 3.42. The molecule has 4 nitrogen and oxygen atoms in total. The molecule has 0 amide bonds. The minimum Gasteiger partial charge on any atom is -0.497 e. The number of benzene rings is 2. The lowest BCUT2D eigenvalue weighted by Gasteiger charge is -2.06. The van der Waals surface area contributed by atoms with E-state index in [1.54, 1.807) is 14.2 Å². The number of methoxy groups -OCH3 is 2. The molecule has 2 aromatic carbocycles. The van der Waals surface area contributed by atoms with Crippen molar-refractivity contribution < 1.29 is 9.47 Å². The first-order valence-electron chi connectivity index (χ1n) is 9.78. The van der Waals surface area contributed by atoms with Gasteiger partial charge in [0, 0.05) is 16.9 Å². The van der Waals surface area contributed by atoms with E-state index in [4.69, 9.17) is 14.5 Å². The number of aromatic amines is 1. The van der Waals surface area contributed by atoms with Crippen molar-refractivity contribution in [3.63, 3.8) is 0 Å². The highest BCUT2D eigenvalue weighted by molar-refractivity contribution is 7.99. The van der Waals surface area contributed by atoms with Crippen molar-refractivity contribution in [3.8, 4) is 34.0 Å². The number of nitrogens with zero attached hydrogens (tertiary/aromatic N) is 1. The Morgan fingerprint density at radius 3 is 2.04 bits per heavy atom. The van der Waals surface area contributed by atoms with E-state index in [0.29, 0.717) is 0 Å². The van der Waals surface area contributed by atoms with Crippen LogP contribution in [0.15, 0.2) is 53.7 Å². The zero-order valence-electron chi connectivity index (χ0n) is 16.4. The minimum absolute atomic E-state index is 0.823. The van der Waals surface area contributed by atoms with Crippen LogP contribution in [0.3, 0.4) is 0 Å². The van der Waals surface area contributed by atoms with Crippen molar-refractivity contribution in [3.05, 3.63) is 48.5 Å². The Morgan fingerprint density at radius 2 is 1.46 bits per heavy atom. The standard InChI is InChI=1S/C23H26N2O2S/c1-26-19-11-7-17(8-12-19)21-22(18-9-13-20(27-2)14-10-18)25-23(24-21)28-15-16-5-3-4-6-16/h7-14,16H,3-6,15H2,1-2H3,(H,24,25). The summed E-state index contributed by atoms with van der Waals surface area (Å²) < 4.78 is 10.6. The number of thioether (sulfide) groups is 1. The van der Waals surface area contributed by atoms with E-state index >= 15 is 0 Å². The fourth-order valence-corrected chi connectivity index (χ4v) is 4.78. The maximum Gasteiger partial charge on any atom is 0.166 e.